The highest BCUT2D eigenvalue weighted by Gasteiger charge is 2.21. The first kappa shape index (κ1) is 11.2. The number of hydrogen-bond donors (Lipinski definition) is 2. The molecule has 2 heterocycles. The predicted octanol–water partition coefficient (Wildman–Crippen LogP) is 0.908. The van der Waals surface area contributed by atoms with Crippen molar-refractivity contribution in [2.45, 2.75) is 18.9 Å². The Hall–Kier alpha value is -1.95. The molecule has 0 fully saturated rings. The Labute approximate surface area is 104 Å². The van der Waals surface area contributed by atoms with E-state index in [1.807, 2.05) is 4.57 Å². The molecule has 6 nitrogen and oxygen atoms in total. The number of aliphatic hydroxyl groups is 1. The number of aliphatic hydroxyl groups excluding tert-OH is 1. The van der Waals surface area contributed by atoms with Gasteiger partial charge in [-0.05, 0) is 12.8 Å². The lowest BCUT2D eigenvalue weighted by molar-refractivity contribution is 0.224. The second-order valence-corrected chi connectivity index (χ2v) is 4.58. The normalized spacial score (nSPS) is 23.6. The Morgan fingerprint density at radius 2 is 2.28 bits per heavy atom. The fourth-order valence-corrected chi connectivity index (χ4v) is 2.45. The number of nitrogens with zero attached hydrogens (tertiary/aromatic N) is 4. The number of rotatable bonds is 2. The molecule has 0 radical (unpaired) electrons. The maximum Gasteiger partial charge on any atom is 0.165 e. The second kappa shape index (κ2) is 4.38. The average Bonchev–Trinajstić information content (AvgIpc) is 2.84. The third-order valence-electron chi connectivity index (χ3n) is 3.41. The fraction of sp³-hybridized carbons (Fsp3) is 0.417. The van der Waals surface area contributed by atoms with E-state index in [0.29, 0.717) is 11.3 Å². The summed E-state index contributed by atoms with van der Waals surface area (Å²) in [7, 11) is 0. The molecule has 18 heavy (non-hydrogen) atoms. The SMILES string of the molecule is Nc1ncnc2c1ncn2C1CC=CC(CO)C1. The van der Waals surface area contributed by atoms with Crippen LogP contribution in [-0.2, 0) is 0 Å². The molecule has 94 valence electrons. The van der Waals surface area contributed by atoms with Gasteiger partial charge < -0.3 is 15.4 Å². The molecule has 0 saturated carbocycles. The van der Waals surface area contributed by atoms with Crippen LogP contribution in [0.5, 0.6) is 0 Å². The zero-order valence-electron chi connectivity index (χ0n) is 9.90. The lowest BCUT2D eigenvalue weighted by Crippen LogP contribution is -2.17. The molecular formula is C12H15N5O. The summed E-state index contributed by atoms with van der Waals surface area (Å²) in [5.41, 5.74) is 7.18. The molecule has 2 aromatic heterocycles. The molecule has 0 saturated heterocycles. The van der Waals surface area contributed by atoms with Crippen molar-refractivity contribution in [2.24, 2.45) is 5.92 Å². The molecule has 3 rings (SSSR count). The highest BCUT2D eigenvalue weighted by atomic mass is 16.3. The van der Waals surface area contributed by atoms with Crippen LogP contribution in [0.4, 0.5) is 5.82 Å². The maximum absolute atomic E-state index is 9.24. The van der Waals surface area contributed by atoms with E-state index in [0.717, 1.165) is 18.5 Å². The molecule has 3 N–H and O–H groups in total. The Balaban J connectivity index is 2.00. The summed E-state index contributed by atoms with van der Waals surface area (Å²) >= 11 is 0. The minimum absolute atomic E-state index is 0.177. The number of fused-ring (bicyclic) bond motifs is 1. The highest BCUT2D eigenvalue weighted by Crippen LogP contribution is 2.30. The van der Waals surface area contributed by atoms with E-state index in [9.17, 15) is 5.11 Å². The monoisotopic (exact) mass is 245 g/mol. The zero-order valence-corrected chi connectivity index (χ0v) is 9.90. The van der Waals surface area contributed by atoms with E-state index in [1.165, 1.54) is 6.33 Å². The summed E-state index contributed by atoms with van der Waals surface area (Å²) in [6.07, 6.45) is 9.20. The largest absolute Gasteiger partial charge is 0.396 e. The number of anilines is 1. The summed E-state index contributed by atoms with van der Waals surface area (Å²) in [6.45, 7) is 0.177. The smallest absolute Gasteiger partial charge is 0.165 e. The first-order chi connectivity index (χ1) is 8.79. The van der Waals surface area contributed by atoms with Crippen LogP contribution >= 0.6 is 0 Å². The van der Waals surface area contributed by atoms with Crippen molar-refractivity contribution in [1.29, 1.82) is 0 Å². The van der Waals surface area contributed by atoms with Crippen LogP contribution in [0.2, 0.25) is 0 Å². The molecule has 6 heteroatoms. The van der Waals surface area contributed by atoms with Crippen LogP contribution < -0.4 is 5.73 Å². The summed E-state index contributed by atoms with van der Waals surface area (Å²) in [5, 5.41) is 9.24. The van der Waals surface area contributed by atoms with Crippen LogP contribution in [0.1, 0.15) is 18.9 Å². The van der Waals surface area contributed by atoms with Gasteiger partial charge in [0.05, 0.1) is 6.33 Å². The molecule has 2 unspecified atom stereocenters. The van der Waals surface area contributed by atoms with Gasteiger partial charge in [-0.3, -0.25) is 0 Å². The van der Waals surface area contributed by atoms with Crippen molar-refractivity contribution in [3.8, 4) is 0 Å². The third-order valence-corrected chi connectivity index (χ3v) is 3.41. The number of nitrogens with two attached hydrogens (primary N) is 1. The number of imidazole rings is 1. The molecule has 0 aliphatic heterocycles. The van der Waals surface area contributed by atoms with Gasteiger partial charge in [-0.15, -0.1) is 0 Å². The maximum atomic E-state index is 9.24. The summed E-state index contributed by atoms with van der Waals surface area (Å²) in [6, 6.07) is 0.270. The van der Waals surface area contributed by atoms with E-state index < -0.39 is 0 Å². The first-order valence-corrected chi connectivity index (χ1v) is 6.00. The van der Waals surface area contributed by atoms with E-state index in [4.69, 9.17) is 5.73 Å². The number of nitrogen functional groups attached to an aromatic ring is 1. The third kappa shape index (κ3) is 1.74. The van der Waals surface area contributed by atoms with Gasteiger partial charge in [0.2, 0.25) is 0 Å². The van der Waals surface area contributed by atoms with Crippen LogP contribution in [0.15, 0.2) is 24.8 Å². The summed E-state index contributed by atoms with van der Waals surface area (Å²) in [4.78, 5) is 12.5. The molecular weight excluding hydrogens is 230 g/mol. The summed E-state index contributed by atoms with van der Waals surface area (Å²) in [5.74, 6) is 0.615. The summed E-state index contributed by atoms with van der Waals surface area (Å²) < 4.78 is 2.03. The van der Waals surface area contributed by atoms with Gasteiger partial charge >= 0.3 is 0 Å². The van der Waals surface area contributed by atoms with Gasteiger partial charge in [0.15, 0.2) is 11.5 Å². The zero-order chi connectivity index (χ0) is 12.5. The van der Waals surface area contributed by atoms with Gasteiger partial charge in [-0.2, -0.15) is 0 Å². The predicted molar refractivity (Wildman–Crippen MR) is 67.7 cm³/mol. The molecule has 0 bridgehead atoms. The molecule has 2 aromatic rings. The number of hydrogen-bond acceptors (Lipinski definition) is 5. The molecule has 2 atom stereocenters. The fourth-order valence-electron chi connectivity index (χ4n) is 2.45. The van der Waals surface area contributed by atoms with Gasteiger partial charge in [0.25, 0.3) is 0 Å². The number of allylic oxidation sites excluding steroid dienone is 1. The van der Waals surface area contributed by atoms with Crippen molar-refractivity contribution in [3.05, 3.63) is 24.8 Å². The van der Waals surface area contributed by atoms with Crippen molar-refractivity contribution in [3.63, 3.8) is 0 Å². The van der Waals surface area contributed by atoms with Crippen molar-refractivity contribution >= 4 is 17.0 Å². The molecule has 0 spiro atoms. The van der Waals surface area contributed by atoms with Gasteiger partial charge in [0.1, 0.15) is 11.8 Å². The van der Waals surface area contributed by atoms with Gasteiger partial charge in [-0.25, -0.2) is 15.0 Å². The lowest BCUT2D eigenvalue weighted by atomic mass is 9.92. The molecule has 1 aliphatic rings. The molecule has 0 aromatic carbocycles. The minimum Gasteiger partial charge on any atom is -0.396 e. The van der Waals surface area contributed by atoms with E-state index >= 15 is 0 Å². The quantitative estimate of drug-likeness (QED) is 0.767. The van der Waals surface area contributed by atoms with Gasteiger partial charge in [0, 0.05) is 18.6 Å². The Kier molecular flexibility index (Phi) is 2.71. The molecule has 1 aliphatic carbocycles. The topological polar surface area (TPSA) is 89.9 Å². The Morgan fingerprint density at radius 3 is 3.11 bits per heavy atom. The Morgan fingerprint density at radius 1 is 1.39 bits per heavy atom. The van der Waals surface area contributed by atoms with Crippen molar-refractivity contribution in [2.75, 3.05) is 12.3 Å². The van der Waals surface area contributed by atoms with Crippen LogP contribution in [-0.4, -0.2) is 31.2 Å². The van der Waals surface area contributed by atoms with Crippen LogP contribution in [0, 0.1) is 5.92 Å². The van der Waals surface area contributed by atoms with E-state index in [-0.39, 0.29) is 18.6 Å². The van der Waals surface area contributed by atoms with Gasteiger partial charge in [-0.1, -0.05) is 12.2 Å². The molecule has 0 amide bonds. The lowest BCUT2D eigenvalue weighted by Gasteiger charge is -2.24. The second-order valence-electron chi connectivity index (χ2n) is 4.58. The van der Waals surface area contributed by atoms with Crippen LogP contribution in [0.25, 0.3) is 11.2 Å². The van der Waals surface area contributed by atoms with Crippen LogP contribution in [0.3, 0.4) is 0 Å². The van der Waals surface area contributed by atoms with Crippen molar-refractivity contribution in [1.82, 2.24) is 19.5 Å². The Bertz CT molecular complexity index is 591. The first-order valence-electron chi connectivity index (χ1n) is 6.00. The minimum atomic E-state index is 0.177. The van der Waals surface area contributed by atoms with E-state index in [2.05, 4.69) is 27.1 Å². The number of aromatic nitrogens is 4. The van der Waals surface area contributed by atoms with E-state index in [1.54, 1.807) is 6.33 Å². The highest BCUT2D eigenvalue weighted by molar-refractivity contribution is 5.81. The van der Waals surface area contributed by atoms with Crippen molar-refractivity contribution < 1.29 is 5.11 Å². The standard InChI is InChI=1S/C12H15N5O/c13-11-10-12(15-6-14-11)17(7-16-10)9-3-1-2-8(4-9)5-18/h1-2,6-9,18H,3-5H2,(H2,13,14,15). The average molecular weight is 245 g/mol.